The molecule has 0 aliphatic heterocycles. The van der Waals surface area contributed by atoms with Crippen LogP contribution in [0, 0.1) is 0 Å². The first-order valence-electron chi connectivity index (χ1n) is 7.62. The zero-order valence-corrected chi connectivity index (χ0v) is 13.3. The van der Waals surface area contributed by atoms with Crippen molar-refractivity contribution in [1.29, 1.82) is 0 Å². The van der Waals surface area contributed by atoms with Gasteiger partial charge in [0.25, 0.3) is 0 Å². The summed E-state index contributed by atoms with van der Waals surface area (Å²) >= 11 is 0. The minimum atomic E-state index is -0.375. The van der Waals surface area contributed by atoms with Gasteiger partial charge in [-0.15, -0.1) is 0 Å². The molecule has 0 spiro atoms. The van der Waals surface area contributed by atoms with Crippen LogP contribution in [0.25, 0.3) is 0 Å². The van der Waals surface area contributed by atoms with Gasteiger partial charge in [0.05, 0.1) is 5.69 Å². The average molecular weight is 319 g/mol. The van der Waals surface area contributed by atoms with Crippen molar-refractivity contribution in [2.75, 3.05) is 0 Å². The van der Waals surface area contributed by atoms with Crippen LogP contribution in [0.2, 0.25) is 0 Å². The topological polar surface area (TPSA) is 48.3 Å². The summed E-state index contributed by atoms with van der Waals surface area (Å²) in [5, 5.41) is 0. The van der Waals surface area contributed by atoms with Crippen LogP contribution < -0.4 is 10.2 Å². The van der Waals surface area contributed by atoms with Gasteiger partial charge in [-0.05, 0) is 11.1 Å². The molecule has 4 nitrogen and oxygen atoms in total. The van der Waals surface area contributed by atoms with E-state index in [0.717, 1.165) is 11.1 Å². The first kappa shape index (κ1) is 15.7. The van der Waals surface area contributed by atoms with Gasteiger partial charge in [-0.2, -0.15) is 0 Å². The molecule has 1 aromatic heterocycles. The Kier molecular flexibility index (Phi) is 4.57. The van der Waals surface area contributed by atoms with Crippen molar-refractivity contribution in [2.45, 2.75) is 6.10 Å². The summed E-state index contributed by atoms with van der Waals surface area (Å²) < 4.78 is 7.72. The van der Waals surface area contributed by atoms with E-state index in [1.807, 2.05) is 60.7 Å². The molecule has 3 aromatic rings. The van der Waals surface area contributed by atoms with Crippen molar-refractivity contribution >= 4 is 6.29 Å². The van der Waals surface area contributed by atoms with Crippen LogP contribution in [0.1, 0.15) is 27.7 Å². The molecule has 0 bridgehead atoms. The molecular weight excluding hydrogens is 302 g/mol. The normalized spacial score (nSPS) is 10.6. The molecule has 2 aromatic carbocycles. The fourth-order valence-corrected chi connectivity index (χ4v) is 2.56. The van der Waals surface area contributed by atoms with Crippen LogP contribution in [-0.2, 0) is 7.05 Å². The molecule has 0 radical (unpaired) electrons. The van der Waals surface area contributed by atoms with Gasteiger partial charge in [-0.3, -0.25) is 9.59 Å². The number of rotatable bonds is 5. The Balaban J connectivity index is 2.07. The Hall–Kier alpha value is -3.14. The number of pyridine rings is 1. The lowest BCUT2D eigenvalue weighted by Crippen LogP contribution is -2.17. The fraction of sp³-hybridized carbons (Fsp3) is 0.100. The number of carbonyl (C=O) groups excluding carboxylic acids is 1. The molecule has 0 amide bonds. The van der Waals surface area contributed by atoms with Gasteiger partial charge in [-0.1, -0.05) is 60.7 Å². The summed E-state index contributed by atoms with van der Waals surface area (Å²) in [7, 11) is 1.70. The third-order valence-electron chi connectivity index (χ3n) is 3.84. The van der Waals surface area contributed by atoms with Crippen molar-refractivity contribution in [1.82, 2.24) is 4.57 Å². The minimum absolute atomic E-state index is 0.259. The molecule has 1 heterocycles. The van der Waals surface area contributed by atoms with Gasteiger partial charge in [0.1, 0.15) is 0 Å². The Morgan fingerprint density at radius 3 is 1.96 bits per heavy atom. The molecule has 4 heteroatoms. The minimum Gasteiger partial charge on any atom is -0.466 e. The van der Waals surface area contributed by atoms with Crippen molar-refractivity contribution in [3.63, 3.8) is 0 Å². The van der Waals surface area contributed by atoms with E-state index < -0.39 is 0 Å². The second-order valence-corrected chi connectivity index (χ2v) is 5.45. The highest BCUT2D eigenvalue weighted by molar-refractivity contribution is 5.72. The second-order valence-electron chi connectivity index (χ2n) is 5.45. The fourth-order valence-electron chi connectivity index (χ4n) is 2.56. The lowest BCUT2D eigenvalue weighted by Gasteiger charge is -2.22. The Morgan fingerprint density at radius 1 is 0.917 bits per heavy atom. The molecule has 24 heavy (non-hydrogen) atoms. The van der Waals surface area contributed by atoms with Crippen LogP contribution in [0.3, 0.4) is 0 Å². The van der Waals surface area contributed by atoms with Crippen LogP contribution in [-0.4, -0.2) is 10.9 Å². The number of aromatic nitrogens is 1. The number of nitrogens with zero attached hydrogens (tertiary/aromatic N) is 1. The number of benzene rings is 2. The van der Waals surface area contributed by atoms with Gasteiger partial charge in [0.2, 0.25) is 0 Å². The molecular formula is C20H17NO3. The number of carbonyl (C=O) groups is 1. The standard InChI is InChI=1S/C20H17NO3/c1-21-17(14-22)12-18(23)13-19(21)24-20(15-8-4-2-5-9-15)16-10-6-3-7-11-16/h2-14,20H,1H3. The molecule has 0 atom stereocenters. The van der Waals surface area contributed by atoms with Gasteiger partial charge >= 0.3 is 0 Å². The van der Waals surface area contributed by atoms with Crippen LogP contribution in [0.15, 0.2) is 77.6 Å². The SMILES string of the molecule is Cn1c(C=O)cc(=O)cc1OC(c1ccccc1)c1ccccc1. The quantitative estimate of drug-likeness (QED) is 0.678. The predicted octanol–water partition coefficient (Wildman–Crippen LogP) is 3.37. The molecule has 0 aliphatic carbocycles. The van der Waals surface area contributed by atoms with E-state index in [-0.39, 0.29) is 17.2 Å². The van der Waals surface area contributed by atoms with E-state index in [1.54, 1.807) is 11.6 Å². The summed E-state index contributed by atoms with van der Waals surface area (Å²) in [6.07, 6.45) is 0.272. The first-order chi connectivity index (χ1) is 11.7. The zero-order valence-electron chi connectivity index (χ0n) is 13.3. The predicted molar refractivity (Wildman–Crippen MR) is 92.4 cm³/mol. The van der Waals surface area contributed by atoms with E-state index in [0.29, 0.717) is 12.2 Å². The molecule has 0 N–H and O–H groups in total. The number of hydrogen-bond acceptors (Lipinski definition) is 3. The van der Waals surface area contributed by atoms with Crippen molar-refractivity contribution < 1.29 is 9.53 Å². The highest BCUT2D eigenvalue weighted by atomic mass is 16.5. The Morgan fingerprint density at radius 2 is 1.46 bits per heavy atom. The number of hydrogen-bond donors (Lipinski definition) is 0. The first-order valence-corrected chi connectivity index (χ1v) is 7.62. The van der Waals surface area contributed by atoms with Crippen LogP contribution >= 0.6 is 0 Å². The van der Waals surface area contributed by atoms with Crippen molar-refractivity contribution in [3.8, 4) is 5.88 Å². The lowest BCUT2D eigenvalue weighted by molar-refractivity contribution is 0.111. The second kappa shape index (κ2) is 6.96. The van der Waals surface area contributed by atoms with Gasteiger partial charge in [-0.25, -0.2) is 0 Å². The van der Waals surface area contributed by atoms with E-state index in [2.05, 4.69) is 0 Å². The maximum absolute atomic E-state index is 11.8. The largest absolute Gasteiger partial charge is 0.466 e. The van der Waals surface area contributed by atoms with Crippen LogP contribution in [0.5, 0.6) is 5.88 Å². The highest BCUT2D eigenvalue weighted by Gasteiger charge is 2.17. The molecule has 0 saturated heterocycles. The van der Waals surface area contributed by atoms with Gasteiger partial charge < -0.3 is 9.30 Å². The van der Waals surface area contributed by atoms with Gasteiger partial charge in [0, 0.05) is 19.2 Å². The van der Waals surface area contributed by atoms with E-state index in [1.165, 1.54) is 12.1 Å². The molecule has 120 valence electrons. The van der Waals surface area contributed by atoms with E-state index in [9.17, 15) is 9.59 Å². The Bertz CT molecular complexity index is 846. The molecule has 0 fully saturated rings. The summed E-state index contributed by atoms with van der Waals surface area (Å²) in [4.78, 5) is 23.0. The highest BCUT2D eigenvalue weighted by Crippen LogP contribution is 2.27. The summed E-state index contributed by atoms with van der Waals surface area (Å²) in [5.41, 5.74) is 1.95. The summed E-state index contributed by atoms with van der Waals surface area (Å²) in [5.74, 6) is 0.349. The number of aldehydes is 1. The number of ether oxygens (including phenoxy) is 1. The maximum atomic E-state index is 11.8. The lowest BCUT2D eigenvalue weighted by atomic mass is 10.0. The van der Waals surface area contributed by atoms with E-state index >= 15 is 0 Å². The molecule has 3 rings (SSSR count). The van der Waals surface area contributed by atoms with Crippen molar-refractivity contribution in [3.05, 3.63) is 99.8 Å². The third-order valence-corrected chi connectivity index (χ3v) is 3.84. The van der Waals surface area contributed by atoms with Gasteiger partial charge in [0.15, 0.2) is 23.7 Å². The van der Waals surface area contributed by atoms with Crippen molar-refractivity contribution in [2.24, 2.45) is 7.05 Å². The monoisotopic (exact) mass is 319 g/mol. The zero-order chi connectivity index (χ0) is 16.9. The molecule has 0 saturated carbocycles. The molecule has 0 unspecified atom stereocenters. The Labute approximate surface area is 140 Å². The average Bonchev–Trinajstić information content (AvgIpc) is 2.63. The smallest absolute Gasteiger partial charge is 0.198 e. The molecule has 0 aliphatic rings. The van der Waals surface area contributed by atoms with Crippen LogP contribution in [0.4, 0.5) is 0 Å². The van der Waals surface area contributed by atoms with E-state index in [4.69, 9.17) is 4.74 Å². The third kappa shape index (κ3) is 3.27. The maximum Gasteiger partial charge on any atom is 0.198 e. The summed E-state index contributed by atoms with van der Waals surface area (Å²) in [6, 6.07) is 22.2. The summed E-state index contributed by atoms with van der Waals surface area (Å²) in [6.45, 7) is 0.